The molecular weight excluding hydrogens is 406 g/mol. The Bertz CT molecular complexity index is 1580. The number of para-hydroxylation sites is 1. The van der Waals surface area contributed by atoms with E-state index in [9.17, 15) is 9.59 Å². The second-order valence-electron chi connectivity index (χ2n) is 7.27. The molecule has 1 N–H and O–H groups in total. The summed E-state index contributed by atoms with van der Waals surface area (Å²) in [4.78, 5) is 31.8. The molecule has 0 spiro atoms. The Morgan fingerprint density at radius 3 is 2.16 bits per heavy atom. The number of anilines is 1. The van der Waals surface area contributed by atoms with E-state index in [0.717, 1.165) is 33.8 Å². The minimum atomic E-state index is -0.257. The number of nitrogens with zero attached hydrogens (tertiary/aromatic N) is 2. The lowest BCUT2D eigenvalue weighted by Crippen LogP contribution is -2.28. The smallest absolute Gasteiger partial charge is 0.275 e. The molecule has 31 heavy (non-hydrogen) atoms. The van der Waals surface area contributed by atoms with Crippen molar-refractivity contribution in [1.29, 1.82) is 0 Å². The van der Waals surface area contributed by atoms with E-state index in [1.165, 1.54) is 11.3 Å². The first kappa shape index (κ1) is 17.8. The number of thiazole rings is 1. The van der Waals surface area contributed by atoms with Gasteiger partial charge < -0.3 is 5.32 Å². The molecular formula is C25H15N3O2S. The second-order valence-corrected chi connectivity index (χ2v) is 8.25. The van der Waals surface area contributed by atoms with Crippen LogP contribution in [0.15, 0.2) is 89.7 Å². The Morgan fingerprint density at radius 2 is 1.42 bits per heavy atom. The van der Waals surface area contributed by atoms with Gasteiger partial charge in [0.15, 0.2) is 4.96 Å². The van der Waals surface area contributed by atoms with Gasteiger partial charge in [-0.2, -0.15) is 0 Å². The van der Waals surface area contributed by atoms with Crippen LogP contribution >= 0.6 is 11.3 Å². The van der Waals surface area contributed by atoms with Crippen molar-refractivity contribution in [2.45, 2.75) is 0 Å². The quantitative estimate of drug-likeness (QED) is 0.469. The zero-order valence-electron chi connectivity index (χ0n) is 16.2. The van der Waals surface area contributed by atoms with Crippen molar-refractivity contribution in [2.24, 2.45) is 0 Å². The molecule has 0 radical (unpaired) electrons. The van der Waals surface area contributed by atoms with E-state index in [1.54, 1.807) is 4.40 Å². The van der Waals surface area contributed by atoms with Gasteiger partial charge in [0.05, 0.1) is 17.0 Å². The summed E-state index contributed by atoms with van der Waals surface area (Å²) in [7, 11) is 0. The van der Waals surface area contributed by atoms with Gasteiger partial charge in [-0.15, -0.1) is 0 Å². The van der Waals surface area contributed by atoms with E-state index < -0.39 is 0 Å². The van der Waals surface area contributed by atoms with Crippen LogP contribution in [0.4, 0.5) is 5.69 Å². The Morgan fingerprint density at radius 1 is 0.774 bits per heavy atom. The van der Waals surface area contributed by atoms with Gasteiger partial charge in [0, 0.05) is 22.4 Å². The molecule has 0 unspecified atom stereocenters. The average molecular weight is 421 g/mol. The molecule has 2 aromatic heterocycles. The van der Waals surface area contributed by atoms with Crippen molar-refractivity contribution in [2.75, 3.05) is 5.32 Å². The molecule has 0 aliphatic carbocycles. The number of carbonyl (C=O) groups excluding carboxylic acids is 1. The predicted octanol–water partition coefficient (Wildman–Crippen LogP) is 3.96. The predicted molar refractivity (Wildman–Crippen MR) is 123 cm³/mol. The number of imidazole rings is 1. The molecule has 6 rings (SSSR count). The van der Waals surface area contributed by atoms with E-state index in [4.69, 9.17) is 4.98 Å². The van der Waals surface area contributed by atoms with Crippen molar-refractivity contribution >= 4 is 33.5 Å². The van der Waals surface area contributed by atoms with Crippen LogP contribution in [0.2, 0.25) is 0 Å². The van der Waals surface area contributed by atoms with E-state index in [2.05, 4.69) is 5.32 Å². The Kier molecular flexibility index (Phi) is 3.88. The molecule has 0 bridgehead atoms. The third-order valence-electron chi connectivity index (χ3n) is 5.43. The fourth-order valence-corrected chi connectivity index (χ4v) is 5.12. The maximum Gasteiger partial charge on any atom is 0.275 e. The number of nitrogens with one attached hydrogen (secondary N) is 1. The maximum atomic E-state index is 13.6. The fourth-order valence-electron chi connectivity index (χ4n) is 4.05. The molecule has 148 valence electrons. The van der Waals surface area contributed by atoms with Gasteiger partial charge in [-0.05, 0) is 6.07 Å². The molecule has 1 aliphatic rings. The monoisotopic (exact) mass is 421 g/mol. The number of hydrogen-bond acceptors (Lipinski definition) is 4. The molecule has 6 heteroatoms. The topological polar surface area (TPSA) is 63.5 Å². The first-order valence-electron chi connectivity index (χ1n) is 9.83. The van der Waals surface area contributed by atoms with Crippen molar-refractivity contribution in [1.82, 2.24) is 9.38 Å². The van der Waals surface area contributed by atoms with Gasteiger partial charge in [0.2, 0.25) is 0 Å². The van der Waals surface area contributed by atoms with E-state index >= 15 is 0 Å². The molecule has 3 aromatic carbocycles. The highest BCUT2D eigenvalue weighted by molar-refractivity contribution is 7.15. The molecule has 1 aliphatic heterocycles. The van der Waals surface area contributed by atoms with E-state index in [0.29, 0.717) is 15.1 Å². The normalized spacial score (nSPS) is 14.6. The Labute approximate surface area is 180 Å². The van der Waals surface area contributed by atoms with Crippen molar-refractivity contribution in [3.8, 4) is 22.5 Å². The number of rotatable bonds is 2. The molecule has 5 nitrogen and oxygen atoms in total. The number of hydrogen-bond donors (Lipinski definition) is 1. The first-order chi connectivity index (χ1) is 15.2. The summed E-state index contributed by atoms with van der Waals surface area (Å²) in [6, 6.07) is 27.0. The molecule has 0 saturated carbocycles. The van der Waals surface area contributed by atoms with E-state index in [-0.39, 0.29) is 11.5 Å². The van der Waals surface area contributed by atoms with Crippen LogP contribution in [-0.4, -0.2) is 15.3 Å². The molecule has 3 heterocycles. The Hall–Kier alpha value is -4.03. The summed E-state index contributed by atoms with van der Waals surface area (Å²) in [6.45, 7) is 0. The number of aromatic nitrogens is 2. The lowest BCUT2D eigenvalue weighted by molar-refractivity contribution is -0.110. The number of benzene rings is 3. The third kappa shape index (κ3) is 2.65. The van der Waals surface area contributed by atoms with Crippen LogP contribution in [0.1, 0.15) is 5.56 Å². The SMILES string of the molecule is O=C1Nc2ccccc2C1=c1sc2nc(-c3ccccc3)c(-c3ccccc3)n2c1=O. The minimum absolute atomic E-state index is 0.226. The zero-order chi connectivity index (χ0) is 20.9. The maximum absolute atomic E-state index is 13.6. The number of fused-ring (bicyclic) bond motifs is 2. The van der Waals surface area contributed by atoms with E-state index in [1.807, 2.05) is 84.9 Å². The number of amides is 1. The zero-order valence-corrected chi connectivity index (χ0v) is 17.0. The molecule has 5 aromatic rings. The van der Waals surface area contributed by atoms with Crippen LogP contribution < -0.4 is 15.4 Å². The van der Waals surface area contributed by atoms with Crippen LogP contribution in [0.5, 0.6) is 0 Å². The summed E-state index contributed by atoms with van der Waals surface area (Å²) in [5, 5.41) is 2.86. The van der Waals surface area contributed by atoms with Crippen LogP contribution in [-0.2, 0) is 4.79 Å². The van der Waals surface area contributed by atoms with Gasteiger partial charge in [0.1, 0.15) is 4.53 Å². The second kappa shape index (κ2) is 6.75. The summed E-state index contributed by atoms with van der Waals surface area (Å²) in [5.74, 6) is -0.257. The van der Waals surface area contributed by atoms with Crippen LogP contribution in [0.25, 0.3) is 33.0 Å². The fraction of sp³-hybridized carbons (Fsp3) is 0. The lowest BCUT2D eigenvalue weighted by atomic mass is 10.0. The summed E-state index contributed by atoms with van der Waals surface area (Å²) in [6.07, 6.45) is 0. The minimum Gasteiger partial charge on any atom is -0.321 e. The average Bonchev–Trinajstić information content (AvgIpc) is 3.44. The largest absolute Gasteiger partial charge is 0.321 e. The summed E-state index contributed by atoms with van der Waals surface area (Å²) >= 11 is 1.25. The van der Waals surface area contributed by atoms with Crippen molar-refractivity contribution < 1.29 is 4.79 Å². The van der Waals surface area contributed by atoms with Crippen molar-refractivity contribution in [3.63, 3.8) is 0 Å². The summed E-state index contributed by atoms with van der Waals surface area (Å²) in [5.41, 5.74) is 4.99. The third-order valence-corrected chi connectivity index (χ3v) is 6.47. The van der Waals surface area contributed by atoms with Gasteiger partial charge in [-0.1, -0.05) is 90.2 Å². The number of carbonyl (C=O) groups is 1. The van der Waals surface area contributed by atoms with Gasteiger partial charge in [0.25, 0.3) is 11.5 Å². The summed E-state index contributed by atoms with van der Waals surface area (Å²) < 4.78 is 2.04. The van der Waals surface area contributed by atoms with Crippen molar-refractivity contribution in [3.05, 3.63) is 105 Å². The van der Waals surface area contributed by atoms with Crippen LogP contribution in [0, 0.1) is 0 Å². The molecule has 0 fully saturated rings. The molecule has 1 amide bonds. The molecule has 0 atom stereocenters. The highest BCUT2D eigenvalue weighted by Crippen LogP contribution is 2.33. The van der Waals surface area contributed by atoms with Gasteiger partial charge in [-0.3, -0.25) is 9.59 Å². The standard InChI is InChI=1S/C25H15N3O2S/c29-23-19(17-13-7-8-14-18(17)26-23)22-24(30)28-21(16-11-5-2-6-12-16)20(27-25(28)31-22)15-9-3-1-4-10-15/h1-14H,(H,26,29). The highest BCUT2D eigenvalue weighted by Gasteiger charge is 2.28. The lowest BCUT2D eigenvalue weighted by Gasteiger charge is -2.04. The Balaban J connectivity index is 1.72. The highest BCUT2D eigenvalue weighted by atomic mass is 32.1. The molecule has 0 saturated heterocycles. The van der Waals surface area contributed by atoms with Gasteiger partial charge in [-0.25, -0.2) is 9.38 Å². The first-order valence-corrected chi connectivity index (χ1v) is 10.6. The van der Waals surface area contributed by atoms with Crippen LogP contribution in [0.3, 0.4) is 0 Å². The van der Waals surface area contributed by atoms with Gasteiger partial charge >= 0.3 is 0 Å².